The quantitative estimate of drug-likeness (QED) is 0.749. The molecule has 19 heavy (non-hydrogen) atoms. The number of nitrogens with zero attached hydrogens (tertiary/aromatic N) is 2. The summed E-state index contributed by atoms with van der Waals surface area (Å²) in [7, 11) is 1.80. The van der Waals surface area contributed by atoms with Gasteiger partial charge in [0.25, 0.3) is 0 Å². The average molecular weight is 267 g/mol. The second-order valence-electron chi connectivity index (χ2n) is 6.09. The largest absolute Gasteiger partial charge is 0.344 e. The fourth-order valence-electron chi connectivity index (χ4n) is 3.21. The monoisotopic (exact) mass is 267 g/mol. The maximum atomic E-state index is 12.6. The molecule has 0 spiro atoms. The zero-order valence-electron chi connectivity index (χ0n) is 12.0. The minimum atomic E-state index is 0.0472. The molecule has 0 aromatic carbocycles. The first kappa shape index (κ1) is 14.3. The molecule has 1 aliphatic heterocycles. The molecule has 0 bridgehead atoms. The number of nitrogens with two attached hydrogens (primary N) is 1. The highest BCUT2D eigenvalue weighted by Gasteiger charge is 2.35. The van der Waals surface area contributed by atoms with Gasteiger partial charge in [0.05, 0.1) is 6.54 Å². The van der Waals surface area contributed by atoms with Crippen LogP contribution in [0.15, 0.2) is 0 Å². The Kier molecular flexibility index (Phi) is 4.45. The van der Waals surface area contributed by atoms with Crippen LogP contribution in [0.3, 0.4) is 0 Å². The molecule has 0 radical (unpaired) electrons. The van der Waals surface area contributed by atoms with E-state index in [4.69, 9.17) is 5.73 Å². The Morgan fingerprint density at radius 2 is 2.05 bits per heavy atom. The Morgan fingerprint density at radius 1 is 1.32 bits per heavy atom. The zero-order valence-corrected chi connectivity index (χ0v) is 12.0. The molecule has 1 saturated heterocycles. The third kappa shape index (κ3) is 3.26. The summed E-state index contributed by atoms with van der Waals surface area (Å²) >= 11 is 0. The van der Waals surface area contributed by atoms with Gasteiger partial charge in [0.2, 0.25) is 11.8 Å². The number of amides is 2. The zero-order chi connectivity index (χ0) is 14.0. The van der Waals surface area contributed by atoms with Crippen LogP contribution in [0.5, 0.6) is 0 Å². The third-order valence-corrected chi connectivity index (χ3v) is 4.51. The maximum Gasteiger partial charge on any atom is 0.241 e. The third-order valence-electron chi connectivity index (χ3n) is 4.51. The fraction of sp³-hybridized carbons (Fsp3) is 0.857. The van der Waals surface area contributed by atoms with Gasteiger partial charge >= 0.3 is 0 Å². The van der Waals surface area contributed by atoms with Gasteiger partial charge in [-0.25, -0.2) is 0 Å². The molecule has 1 aliphatic carbocycles. The lowest BCUT2D eigenvalue weighted by molar-refractivity contribution is -0.142. The molecule has 1 heterocycles. The Bertz CT molecular complexity index is 359. The van der Waals surface area contributed by atoms with Crippen molar-refractivity contribution in [3.05, 3.63) is 0 Å². The Labute approximate surface area is 115 Å². The summed E-state index contributed by atoms with van der Waals surface area (Å²) in [5.74, 6) is 0.581. The number of carbonyl (C=O) groups is 2. The highest BCUT2D eigenvalue weighted by molar-refractivity contribution is 5.86. The van der Waals surface area contributed by atoms with Crippen molar-refractivity contribution in [1.29, 1.82) is 0 Å². The molecule has 0 aromatic rings. The highest BCUT2D eigenvalue weighted by atomic mass is 16.2. The van der Waals surface area contributed by atoms with Gasteiger partial charge in [-0.15, -0.1) is 0 Å². The van der Waals surface area contributed by atoms with Gasteiger partial charge in [-0.3, -0.25) is 9.59 Å². The molecule has 2 N–H and O–H groups in total. The van der Waals surface area contributed by atoms with E-state index in [1.807, 2.05) is 0 Å². The van der Waals surface area contributed by atoms with Crippen molar-refractivity contribution in [3.8, 4) is 0 Å². The van der Waals surface area contributed by atoms with Gasteiger partial charge < -0.3 is 15.5 Å². The second-order valence-corrected chi connectivity index (χ2v) is 6.09. The minimum Gasteiger partial charge on any atom is -0.344 e. The van der Waals surface area contributed by atoms with E-state index in [9.17, 15) is 9.59 Å². The molecule has 5 heteroatoms. The highest BCUT2D eigenvalue weighted by Crippen LogP contribution is 2.30. The lowest BCUT2D eigenvalue weighted by atomic mass is 9.77. The smallest absolute Gasteiger partial charge is 0.241 e. The van der Waals surface area contributed by atoms with Crippen LogP contribution in [0.25, 0.3) is 0 Å². The summed E-state index contributed by atoms with van der Waals surface area (Å²) in [6.45, 7) is 3.79. The summed E-state index contributed by atoms with van der Waals surface area (Å²) in [5, 5.41) is 0. The van der Waals surface area contributed by atoms with E-state index >= 15 is 0 Å². The van der Waals surface area contributed by atoms with Crippen molar-refractivity contribution < 1.29 is 9.59 Å². The first-order chi connectivity index (χ1) is 8.99. The molecule has 3 atom stereocenters. The second kappa shape index (κ2) is 5.90. The number of hydrogen-bond acceptors (Lipinski definition) is 3. The molecular weight excluding hydrogens is 242 g/mol. The first-order valence-electron chi connectivity index (χ1n) is 7.27. The van der Waals surface area contributed by atoms with Crippen LogP contribution in [-0.2, 0) is 9.59 Å². The summed E-state index contributed by atoms with van der Waals surface area (Å²) < 4.78 is 0. The van der Waals surface area contributed by atoms with E-state index < -0.39 is 0 Å². The standard InChI is InChI=1S/C14H25N3O2/c1-10-8-11(15)4-5-12(10)14(19)17-7-3-6-16(2)13(18)9-17/h10-12H,3-9,15H2,1-2H3. The van der Waals surface area contributed by atoms with Crippen LogP contribution in [0.1, 0.15) is 32.6 Å². The van der Waals surface area contributed by atoms with Gasteiger partial charge in [-0.1, -0.05) is 6.92 Å². The van der Waals surface area contributed by atoms with E-state index in [2.05, 4.69) is 6.92 Å². The van der Waals surface area contributed by atoms with E-state index in [1.54, 1.807) is 16.8 Å². The van der Waals surface area contributed by atoms with E-state index in [0.717, 1.165) is 32.2 Å². The first-order valence-corrected chi connectivity index (χ1v) is 7.27. The van der Waals surface area contributed by atoms with Crippen LogP contribution in [0, 0.1) is 11.8 Å². The maximum absolute atomic E-state index is 12.6. The Morgan fingerprint density at radius 3 is 2.74 bits per heavy atom. The number of carbonyl (C=O) groups excluding carboxylic acids is 2. The molecule has 0 aromatic heterocycles. The Hall–Kier alpha value is -1.10. The summed E-state index contributed by atoms with van der Waals surface area (Å²) in [6, 6.07) is 0.232. The summed E-state index contributed by atoms with van der Waals surface area (Å²) in [4.78, 5) is 27.9. The van der Waals surface area contributed by atoms with Crippen molar-refractivity contribution >= 4 is 11.8 Å². The molecule has 2 fully saturated rings. The van der Waals surface area contributed by atoms with Crippen LogP contribution < -0.4 is 5.73 Å². The van der Waals surface area contributed by atoms with Crippen molar-refractivity contribution in [2.45, 2.75) is 38.6 Å². The molecule has 5 nitrogen and oxygen atoms in total. The molecule has 2 rings (SSSR count). The van der Waals surface area contributed by atoms with Crippen LogP contribution >= 0.6 is 0 Å². The van der Waals surface area contributed by atoms with Gasteiger partial charge in [-0.05, 0) is 31.6 Å². The van der Waals surface area contributed by atoms with Gasteiger partial charge in [-0.2, -0.15) is 0 Å². The van der Waals surface area contributed by atoms with Crippen molar-refractivity contribution in [3.63, 3.8) is 0 Å². The fourth-order valence-corrected chi connectivity index (χ4v) is 3.21. The van der Waals surface area contributed by atoms with E-state index in [0.29, 0.717) is 12.5 Å². The molecular formula is C14H25N3O2. The molecule has 2 aliphatic rings. The van der Waals surface area contributed by atoms with Crippen molar-refractivity contribution in [1.82, 2.24) is 9.80 Å². The van der Waals surface area contributed by atoms with Gasteiger partial charge in [0.1, 0.15) is 0 Å². The number of hydrogen-bond donors (Lipinski definition) is 1. The number of likely N-dealkylation sites (N-methyl/N-ethyl adjacent to an activating group) is 1. The Balaban J connectivity index is 2.00. The van der Waals surface area contributed by atoms with E-state index in [-0.39, 0.29) is 30.3 Å². The van der Waals surface area contributed by atoms with Crippen LogP contribution in [0.4, 0.5) is 0 Å². The lowest BCUT2D eigenvalue weighted by Crippen LogP contribution is -2.45. The molecule has 3 unspecified atom stereocenters. The van der Waals surface area contributed by atoms with Crippen LogP contribution in [-0.4, -0.2) is 54.3 Å². The molecule has 1 saturated carbocycles. The predicted octanol–water partition coefficient (Wildman–Crippen LogP) is 0.441. The summed E-state index contributed by atoms with van der Waals surface area (Å²) in [6.07, 6.45) is 3.57. The lowest BCUT2D eigenvalue weighted by Gasteiger charge is -2.34. The predicted molar refractivity (Wildman–Crippen MR) is 73.3 cm³/mol. The topological polar surface area (TPSA) is 66.6 Å². The normalized spacial score (nSPS) is 33.2. The SMILES string of the molecule is CC1CC(N)CCC1C(=O)N1CCCN(C)C(=O)C1. The van der Waals surface area contributed by atoms with Gasteiger partial charge in [0, 0.05) is 32.1 Å². The van der Waals surface area contributed by atoms with Crippen molar-refractivity contribution in [2.75, 3.05) is 26.7 Å². The molecule has 108 valence electrons. The van der Waals surface area contributed by atoms with Gasteiger partial charge in [0.15, 0.2) is 0 Å². The van der Waals surface area contributed by atoms with E-state index in [1.165, 1.54) is 0 Å². The van der Waals surface area contributed by atoms with Crippen molar-refractivity contribution in [2.24, 2.45) is 17.6 Å². The van der Waals surface area contributed by atoms with Crippen LogP contribution in [0.2, 0.25) is 0 Å². The molecule has 2 amide bonds. The number of rotatable bonds is 1. The average Bonchev–Trinajstić information content (AvgIpc) is 2.51. The summed E-state index contributed by atoms with van der Waals surface area (Å²) in [5.41, 5.74) is 5.95. The minimum absolute atomic E-state index is 0.0472.